The third-order valence-corrected chi connectivity index (χ3v) is 3.81. The maximum atomic E-state index is 12.3. The van der Waals surface area contributed by atoms with Crippen molar-refractivity contribution in [1.82, 2.24) is 0 Å². The molecule has 3 amide bonds. The van der Waals surface area contributed by atoms with Crippen molar-refractivity contribution in [2.45, 2.75) is 6.92 Å². The van der Waals surface area contributed by atoms with E-state index in [1.165, 1.54) is 13.0 Å². The molecule has 134 valence electrons. The minimum absolute atomic E-state index is 0.121. The SMILES string of the molecule is CC(=O)Nc1ccc(N(S)C(=O)Nc2ccc(OCC#N)c(Cl)c2)cc1. The van der Waals surface area contributed by atoms with Crippen molar-refractivity contribution in [3.63, 3.8) is 0 Å². The lowest BCUT2D eigenvalue weighted by atomic mass is 10.2. The topological polar surface area (TPSA) is 94.5 Å². The Balaban J connectivity index is 2.03. The molecule has 0 heterocycles. The number of amides is 3. The second-order valence-electron chi connectivity index (χ2n) is 5.06. The van der Waals surface area contributed by atoms with Gasteiger partial charge >= 0.3 is 6.03 Å². The molecule has 0 aliphatic rings. The minimum Gasteiger partial charge on any atom is -0.477 e. The Labute approximate surface area is 161 Å². The molecule has 0 saturated heterocycles. The summed E-state index contributed by atoms with van der Waals surface area (Å²) in [4.78, 5) is 23.3. The molecule has 0 spiro atoms. The molecule has 2 aromatic rings. The molecule has 0 unspecified atom stereocenters. The number of carbonyl (C=O) groups excluding carboxylic acids is 2. The number of thiol groups is 1. The number of hydrogen-bond donors (Lipinski definition) is 3. The molecule has 9 heteroatoms. The second-order valence-corrected chi connectivity index (χ2v) is 5.87. The predicted molar refractivity (Wildman–Crippen MR) is 104 cm³/mol. The van der Waals surface area contributed by atoms with E-state index in [-0.39, 0.29) is 17.5 Å². The maximum absolute atomic E-state index is 12.3. The lowest BCUT2D eigenvalue weighted by Crippen LogP contribution is -2.26. The molecule has 0 saturated carbocycles. The van der Waals surface area contributed by atoms with E-state index in [1.807, 2.05) is 6.07 Å². The number of benzene rings is 2. The summed E-state index contributed by atoms with van der Waals surface area (Å²) in [5.41, 5.74) is 1.57. The van der Waals surface area contributed by atoms with Gasteiger partial charge in [0, 0.05) is 18.3 Å². The Hall–Kier alpha value is -2.89. The summed E-state index contributed by atoms with van der Waals surface area (Å²) in [6.45, 7) is 1.29. The number of nitrogens with zero attached hydrogens (tertiary/aromatic N) is 2. The molecule has 0 bridgehead atoms. The zero-order valence-electron chi connectivity index (χ0n) is 13.7. The van der Waals surface area contributed by atoms with Crippen LogP contribution in [0.5, 0.6) is 5.75 Å². The van der Waals surface area contributed by atoms with Crippen molar-refractivity contribution in [2.24, 2.45) is 0 Å². The molecule has 0 aliphatic heterocycles. The van der Waals surface area contributed by atoms with Crippen molar-refractivity contribution in [3.8, 4) is 11.8 Å². The van der Waals surface area contributed by atoms with Crippen LogP contribution in [0.4, 0.5) is 21.9 Å². The van der Waals surface area contributed by atoms with E-state index < -0.39 is 6.03 Å². The third kappa shape index (κ3) is 5.31. The Kier molecular flexibility index (Phi) is 6.72. The summed E-state index contributed by atoms with van der Waals surface area (Å²) in [7, 11) is 0. The fraction of sp³-hybridized carbons (Fsp3) is 0.118. The smallest absolute Gasteiger partial charge is 0.336 e. The van der Waals surface area contributed by atoms with Crippen molar-refractivity contribution in [1.29, 1.82) is 5.26 Å². The van der Waals surface area contributed by atoms with Gasteiger partial charge in [0.15, 0.2) is 6.61 Å². The first-order valence-corrected chi connectivity index (χ1v) is 8.15. The summed E-state index contributed by atoms with van der Waals surface area (Å²) in [5.74, 6) is 0.166. The third-order valence-electron chi connectivity index (χ3n) is 3.10. The molecule has 0 aliphatic carbocycles. The number of ether oxygens (including phenoxy) is 1. The van der Waals surface area contributed by atoms with Gasteiger partial charge in [0.05, 0.1) is 10.7 Å². The van der Waals surface area contributed by atoms with Crippen LogP contribution in [0.2, 0.25) is 5.02 Å². The number of halogens is 1. The highest BCUT2D eigenvalue weighted by Crippen LogP contribution is 2.28. The van der Waals surface area contributed by atoms with Gasteiger partial charge in [-0.15, -0.1) is 0 Å². The average Bonchev–Trinajstić information content (AvgIpc) is 2.60. The van der Waals surface area contributed by atoms with Crippen LogP contribution >= 0.6 is 24.4 Å². The normalized spacial score (nSPS) is 9.77. The fourth-order valence-electron chi connectivity index (χ4n) is 1.99. The standard InChI is InChI=1S/C17H15ClN4O3S/c1-11(23)20-12-2-5-14(6-3-12)22(26)17(24)21-13-4-7-16(15(18)10-13)25-9-8-19/h2-7,10,26H,9H2,1H3,(H,20,23)(H,21,24). The van der Waals surface area contributed by atoms with Gasteiger partial charge in [0.25, 0.3) is 0 Å². The Bertz CT molecular complexity index is 852. The minimum atomic E-state index is -0.498. The zero-order chi connectivity index (χ0) is 19.1. The molecule has 0 aromatic heterocycles. The van der Waals surface area contributed by atoms with Gasteiger partial charge in [-0.05, 0) is 42.5 Å². The first kappa shape index (κ1) is 19.4. The number of nitrogens with one attached hydrogen (secondary N) is 2. The van der Waals surface area contributed by atoms with Crippen LogP contribution in [-0.2, 0) is 4.79 Å². The van der Waals surface area contributed by atoms with E-state index in [9.17, 15) is 9.59 Å². The Morgan fingerprint density at radius 1 is 1.19 bits per heavy atom. The summed E-state index contributed by atoms with van der Waals surface area (Å²) in [6, 6.07) is 12.6. The van der Waals surface area contributed by atoms with Gasteiger partial charge in [0.2, 0.25) is 5.91 Å². The first-order chi connectivity index (χ1) is 12.4. The van der Waals surface area contributed by atoms with Crippen LogP contribution in [0.25, 0.3) is 0 Å². The van der Waals surface area contributed by atoms with E-state index in [1.54, 1.807) is 36.4 Å². The highest BCUT2D eigenvalue weighted by Gasteiger charge is 2.13. The lowest BCUT2D eigenvalue weighted by Gasteiger charge is -2.17. The number of carbonyl (C=O) groups is 2. The van der Waals surface area contributed by atoms with Crippen LogP contribution in [-0.4, -0.2) is 18.5 Å². The fourth-order valence-corrected chi connectivity index (χ4v) is 2.41. The van der Waals surface area contributed by atoms with E-state index >= 15 is 0 Å². The monoisotopic (exact) mass is 390 g/mol. The van der Waals surface area contributed by atoms with Gasteiger partial charge in [0.1, 0.15) is 11.8 Å². The van der Waals surface area contributed by atoms with Crippen LogP contribution in [0.3, 0.4) is 0 Å². The van der Waals surface area contributed by atoms with Crippen molar-refractivity contribution in [2.75, 3.05) is 21.5 Å². The Morgan fingerprint density at radius 2 is 1.85 bits per heavy atom. The number of rotatable bonds is 5. The second kappa shape index (κ2) is 8.99. The van der Waals surface area contributed by atoms with Crippen molar-refractivity contribution in [3.05, 3.63) is 47.5 Å². The average molecular weight is 391 g/mol. The zero-order valence-corrected chi connectivity index (χ0v) is 15.3. The van der Waals surface area contributed by atoms with Crippen molar-refractivity contribution < 1.29 is 14.3 Å². The molecule has 2 rings (SSSR count). The van der Waals surface area contributed by atoms with E-state index in [0.717, 1.165) is 4.31 Å². The molecule has 0 fully saturated rings. The molecule has 2 aromatic carbocycles. The van der Waals surface area contributed by atoms with Crippen LogP contribution < -0.4 is 19.7 Å². The summed E-state index contributed by atoms with van der Waals surface area (Å²) < 4.78 is 6.26. The van der Waals surface area contributed by atoms with Crippen LogP contribution in [0, 0.1) is 11.3 Å². The number of nitriles is 1. The van der Waals surface area contributed by atoms with Gasteiger partial charge < -0.3 is 15.4 Å². The summed E-state index contributed by atoms with van der Waals surface area (Å²) in [5, 5.41) is 14.1. The predicted octanol–water partition coefficient (Wildman–Crippen LogP) is 4.08. The number of hydrogen-bond acceptors (Lipinski definition) is 5. The van der Waals surface area contributed by atoms with E-state index in [2.05, 4.69) is 23.4 Å². The molecule has 0 atom stereocenters. The van der Waals surface area contributed by atoms with Gasteiger partial charge in [-0.2, -0.15) is 5.26 Å². The first-order valence-electron chi connectivity index (χ1n) is 7.37. The van der Waals surface area contributed by atoms with Crippen LogP contribution in [0.15, 0.2) is 42.5 Å². The largest absolute Gasteiger partial charge is 0.477 e. The Morgan fingerprint density at radius 3 is 2.42 bits per heavy atom. The van der Waals surface area contributed by atoms with Crippen LogP contribution in [0.1, 0.15) is 6.92 Å². The molecular formula is C17H15ClN4O3S. The molecule has 0 radical (unpaired) electrons. The lowest BCUT2D eigenvalue weighted by molar-refractivity contribution is -0.114. The molecule has 7 nitrogen and oxygen atoms in total. The van der Waals surface area contributed by atoms with E-state index in [0.29, 0.717) is 22.8 Å². The van der Waals surface area contributed by atoms with Gasteiger partial charge in [-0.25, -0.2) is 9.10 Å². The van der Waals surface area contributed by atoms with Gasteiger partial charge in [-0.3, -0.25) is 4.79 Å². The summed E-state index contributed by atoms with van der Waals surface area (Å²) in [6.07, 6.45) is 0. The van der Waals surface area contributed by atoms with Gasteiger partial charge in [-0.1, -0.05) is 24.4 Å². The molecule has 2 N–H and O–H groups in total. The molecule has 26 heavy (non-hydrogen) atoms. The van der Waals surface area contributed by atoms with Crippen molar-refractivity contribution >= 4 is 53.4 Å². The maximum Gasteiger partial charge on any atom is 0.336 e. The quantitative estimate of drug-likeness (QED) is 0.670. The highest BCUT2D eigenvalue weighted by molar-refractivity contribution is 7.82. The highest BCUT2D eigenvalue weighted by atomic mass is 35.5. The molecular weight excluding hydrogens is 376 g/mol. The summed E-state index contributed by atoms with van der Waals surface area (Å²) >= 11 is 10.2. The number of urea groups is 1. The van der Waals surface area contributed by atoms with E-state index in [4.69, 9.17) is 21.6 Å². The number of anilines is 3.